The lowest BCUT2D eigenvalue weighted by Crippen LogP contribution is -2.16. The number of nitrogens with two attached hydrogens (primary N) is 1. The summed E-state index contributed by atoms with van der Waals surface area (Å²) in [5, 5.41) is 12.5. The number of anilines is 3. The van der Waals surface area contributed by atoms with Crippen LogP contribution in [-0.4, -0.2) is 15.0 Å². The summed E-state index contributed by atoms with van der Waals surface area (Å²) in [6.07, 6.45) is 2.04. The highest BCUT2D eigenvalue weighted by Crippen LogP contribution is 2.34. The fourth-order valence-electron chi connectivity index (χ4n) is 2.31. The van der Waals surface area contributed by atoms with Gasteiger partial charge >= 0.3 is 0 Å². The number of hydrogen-bond acceptors (Lipinski definition) is 4. The van der Waals surface area contributed by atoms with E-state index in [1.807, 2.05) is 36.4 Å². The Morgan fingerprint density at radius 2 is 1.84 bits per heavy atom. The van der Waals surface area contributed by atoms with Gasteiger partial charge in [0.2, 0.25) is 10.0 Å². The molecule has 0 aromatic heterocycles. The van der Waals surface area contributed by atoms with Crippen molar-refractivity contribution in [1.82, 2.24) is 0 Å². The van der Waals surface area contributed by atoms with Crippen LogP contribution in [0.3, 0.4) is 0 Å². The molecule has 0 bridgehead atoms. The number of nitrogens with one attached hydrogen (secondary N) is 2. The Bertz CT molecular complexity index is 784. The zero-order valence-corrected chi connectivity index (χ0v) is 18.1. The molecule has 0 unspecified atom stereocenters. The summed E-state index contributed by atoms with van der Waals surface area (Å²) >= 11 is 3.38. The average Bonchev–Trinajstić information content (AvgIpc) is 2.56. The van der Waals surface area contributed by atoms with Gasteiger partial charge < -0.3 is 10.6 Å². The molecule has 0 spiro atoms. The Balaban J connectivity index is 0.00000312. The van der Waals surface area contributed by atoms with Gasteiger partial charge in [-0.1, -0.05) is 47.5 Å². The van der Waals surface area contributed by atoms with Crippen LogP contribution in [-0.2, 0) is 15.4 Å². The van der Waals surface area contributed by atoms with E-state index in [4.69, 9.17) is 5.14 Å². The first kappa shape index (κ1) is 22.0. The van der Waals surface area contributed by atoms with Crippen molar-refractivity contribution in [2.45, 2.75) is 30.0 Å². The van der Waals surface area contributed by atoms with Crippen molar-refractivity contribution in [2.75, 3.05) is 17.2 Å². The van der Waals surface area contributed by atoms with Crippen LogP contribution in [0.25, 0.3) is 0 Å². The Labute approximate surface area is 168 Å². The molecule has 138 valence electrons. The molecule has 4 N–H and O–H groups in total. The predicted octanol–water partition coefficient (Wildman–Crippen LogP) is 4.76. The van der Waals surface area contributed by atoms with Crippen LogP contribution in [0.2, 0.25) is 0 Å². The van der Waals surface area contributed by atoms with Gasteiger partial charge in [0, 0.05) is 17.6 Å². The lowest BCUT2D eigenvalue weighted by atomic mass is 10.1. The van der Waals surface area contributed by atoms with Crippen molar-refractivity contribution in [3.05, 3.63) is 48.0 Å². The Hall–Kier alpha value is -1.09. The number of alkyl halides is 1. The molecule has 0 amide bonds. The summed E-state index contributed by atoms with van der Waals surface area (Å²) in [7, 11) is -3.86. The number of benzene rings is 2. The highest BCUT2D eigenvalue weighted by molar-refractivity contribution is 9.08. The zero-order valence-electron chi connectivity index (χ0n) is 14.0. The summed E-state index contributed by atoms with van der Waals surface area (Å²) in [6.45, 7) is 2.87. The summed E-state index contributed by atoms with van der Waals surface area (Å²) in [5.74, 6) is 0. The van der Waals surface area contributed by atoms with E-state index in [2.05, 4.69) is 33.5 Å². The molecule has 0 heterocycles. The van der Waals surface area contributed by atoms with Gasteiger partial charge in [0.25, 0.3) is 0 Å². The van der Waals surface area contributed by atoms with E-state index in [1.165, 1.54) is 0 Å². The molecule has 0 radical (unpaired) electrons. The number of hydrogen-bond donors (Lipinski definition) is 3. The van der Waals surface area contributed by atoms with Gasteiger partial charge in [-0.15, -0.1) is 17.0 Å². The van der Waals surface area contributed by atoms with Gasteiger partial charge in [0.1, 0.15) is 4.90 Å². The van der Waals surface area contributed by atoms with Crippen LogP contribution in [0.15, 0.2) is 47.4 Å². The van der Waals surface area contributed by atoms with Crippen LogP contribution < -0.4 is 15.8 Å². The first-order valence-electron chi connectivity index (χ1n) is 7.77. The lowest BCUT2D eigenvalue weighted by molar-refractivity contribution is 0.598. The predicted molar refractivity (Wildman–Crippen MR) is 114 cm³/mol. The molecule has 0 atom stereocenters. The minimum atomic E-state index is -3.86. The number of primary sulfonamides is 1. The monoisotopic (exact) mass is 491 g/mol. The Kier molecular flexibility index (Phi) is 8.92. The number of sulfonamides is 1. The third-order valence-corrected chi connectivity index (χ3v) is 5.09. The van der Waals surface area contributed by atoms with Crippen LogP contribution in [0, 0.1) is 0 Å². The minimum absolute atomic E-state index is 0. The summed E-state index contributed by atoms with van der Waals surface area (Å²) < 4.78 is 24.2. The molecular formula is C17H23Br2N3O2S. The molecular weight excluding hydrogens is 470 g/mol. The van der Waals surface area contributed by atoms with E-state index < -0.39 is 10.0 Å². The molecule has 0 fully saturated rings. The van der Waals surface area contributed by atoms with Crippen molar-refractivity contribution < 1.29 is 8.42 Å². The van der Waals surface area contributed by atoms with Gasteiger partial charge in [-0.05, 0) is 36.2 Å². The van der Waals surface area contributed by atoms with E-state index in [1.54, 1.807) is 6.07 Å². The van der Waals surface area contributed by atoms with Crippen molar-refractivity contribution in [2.24, 2.45) is 5.14 Å². The normalized spacial score (nSPS) is 10.8. The first-order chi connectivity index (χ1) is 11.5. The minimum Gasteiger partial charge on any atom is -0.383 e. The molecule has 25 heavy (non-hydrogen) atoms. The fraction of sp³-hybridized carbons (Fsp3) is 0.294. The third kappa shape index (κ3) is 6.29. The van der Waals surface area contributed by atoms with Gasteiger partial charge in [0.05, 0.1) is 11.4 Å². The number of halogens is 2. The number of para-hydroxylation sites is 1. The topological polar surface area (TPSA) is 84.2 Å². The largest absolute Gasteiger partial charge is 0.383 e. The summed E-state index contributed by atoms with van der Waals surface area (Å²) in [6, 6.07) is 13.0. The molecule has 0 saturated heterocycles. The number of unbranched alkanes of at least 4 members (excludes halogenated alkanes) is 1. The molecule has 5 nitrogen and oxygen atoms in total. The summed E-state index contributed by atoms with van der Waals surface area (Å²) in [4.78, 5) is 0.0855. The lowest BCUT2D eigenvalue weighted by Gasteiger charge is -2.18. The Morgan fingerprint density at radius 3 is 2.40 bits per heavy atom. The maximum atomic E-state index is 12.1. The van der Waals surface area contributed by atoms with Gasteiger partial charge in [-0.3, -0.25) is 0 Å². The van der Waals surface area contributed by atoms with Crippen LogP contribution >= 0.6 is 32.9 Å². The molecule has 2 rings (SSSR count). The molecule has 8 heteroatoms. The molecule has 0 aliphatic carbocycles. The second kappa shape index (κ2) is 10.2. The standard InChI is InChI=1S/C17H22BrN3O2S.BrH/c1-2-3-9-20-15-10-13(12-18)11-16(24(19,22)23)17(15)21-14-7-5-4-6-8-14;/h4-8,10-11,20-21H,2-3,9,12H2,1H3,(H2,19,22,23);1H. The van der Waals surface area contributed by atoms with Crippen molar-refractivity contribution in [3.63, 3.8) is 0 Å². The van der Waals surface area contributed by atoms with Gasteiger partial charge in [-0.2, -0.15) is 0 Å². The van der Waals surface area contributed by atoms with E-state index in [0.29, 0.717) is 11.0 Å². The highest BCUT2D eigenvalue weighted by Gasteiger charge is 2.19. The molecule has 2 aromatic carbocycles. The van der Waals surface area contributed by atoms with Crippen LogP contribution in [0.1, 0.15) is 25.3 Å². The third-order valence-electron chi connectivity index (χ3n) is 3.51. The second-order valence-corrected chi connectivity index (χ2v) is 7.56. The maximum absolute atomic E-state index is 12.1. The van der Waals surface area contributed by atoms with Crippen LogP contribution in [0.4, 0.5) is 17.1 Å². The van der Waals surface area contributed by atoms with E-state index >= 15 is 0 Å². The average molecular weight is 493 g/mol. The quantitative estimate of drug-likeness (QED) is 0.366. The van der Waals surface area contributed by atoms with Crippen molar-refractivity contribution in [3.8, 4) is 0 Å². The highest BCUT2D eigenvalue weighted by atomic mass is 79.9. The van der Waals surface area contributed by atoms with Gasteiger partial charge in [0.15, 0.2) is 0 Å². The number of rotatable bonds is 8. The molecule has 2 aromatic rings. The van der Waals surface area contributed by atoms with E-state index in [0.717, 1.165) is 36.3 Å². The second-order valence-electron chi connectivity index (χ2n) is 5.47. The van der Waals surface area contributed by atoms with Crippen molar-refractivity contribution in [1.29, 1.82) is 0 Å². The smallest absolute Gasteiger partial charge is 0.240 e. The Morgan fingerprint density at radius 1 is 1.16 bits per heavy atom. The van der Waals surface area contributed by atoms with Crippen molar-refractivity contribution >= 4 is 60.0 Å². The maximum Gasteiger partial charge on any atom is 0.240 e. The SMILES string of the molecule is Br.CCCCNc1cc(CBr)cc(S(N)(=O)=O)c1Nc1ccccc1. The zero-order chi connectivity index (χ0) is 17.6. The van der Waals surface area contributed by atoms with E-state index in [-0.39, 0.29) is 21.9 Å². The molecule has 0 aliphatic rings. The summed E-state index contributed by atoms with van der Waals surface area (Å²) in [5.41, 5.74) is 2.85. The van der Waals surface area contributed by atoms with E-state index in [9.17, 15) is 8.42 Å². The molecule has 0 aliphatic heterocycles. The van der Waals surface area contributed by atoms with Gasteiger partial charge in [-0.25, -0.2) is 13.6 Å². The first-order valence-corrected chi connectivity index (χ1v) is 10.4. The fourth-order valence-corrected chi connectivity index (χ4v) is 3.39. The van der Waals surface area contributed by atoms with Crippen LogP contribution in [0.5, 0.6) is 0 Å². The molecule has 0 saturated carbocycles.